The summed E-state index contributed by atoms with van der Waals surface area (Å²) in [5.41, 5.74) is 0.666. The second-order valence-corrected chi connectivity index (χ2v) is 5.30. The summed E-state index contributed by atoms with van der Waals surface area (Å²) in [6, 6.07) is 7.85. The van der Waals surface area contributed by atoms with E-state index in [1.165, 1.54) is 0 Å². The molecular formula is C15H21NO3. The van der Waals surface area contributed by atoms with Gasteiger partial charge < -0.3 is 19.6 Å². The third-order valence-electron chi connectivity index (χ3n) is 3.26. The Kier molecular flexibility index (Phi) is 4.12. The molecule has 0 aliphatic carbocycles. The molecule has 2 aromatic rings. The molecule has 0 aliphatic rings. The highest BCUT2D eigenvalue weighted by Gasteiger charge is 2.17. The number of furan rings is 1. The molecule has 4 heteroatoms. The second kappa shape index (κ2) is 5.63. The standard InChI is InChI=1S/C15H21NO3/c1-15(2,7-8-17)16-10-12-9-11-5-4-6-13(18-3)14(11)19-12/h4-6,9,16-17H,7-8,10H2,1-3H3. The van der Waals surface area contributed by atoms with E-state index in [1.807, 2.05) is 24.3 Å². The van der Waals surface area contributed by atoms with Crippen molar-refractivity contribution < 1.29 is 14.3 Å². The van der Waals surface area contributed by atoms with Gasteiger partial charge >= 0.3 is 0 Å². The molecule has 0 fully saturated rings. The van der Waals surface area contributed by atoms with Crippen molar-refractivity contribution in [3.05, 3.63) is 30.0 Å². The summed E-state index contributed by atoms with van der Waals surface area (Å²) in [4.78, 5) is 0. The van der Waals surface area contributed by atoms with Crippen LogP contribution in [0.4, 0.5) is 0 Å². The predicted molar refractivity (Wildman–Crippen MR) is 75.4 cm³/mol. The Bertz CT molecular complexity index is 545. The van der Waals surface area contributed by atoms with E-state index in [0.29, 0.717) is 13.0 Å². The summed E-state index contributed by atoms with van der Waals surface area (Å²) in [7, 11) is 1.64. The third-order valence-corrected chi connectivity index (χ3v) is 3.26. The molecule has 2 rings (SSSR count). The molecule has 2 N–H and O–H groups in total. The average Bonchev–Trinajstić information content (AvgIpc) is 2.79. The Morgan fingerprint density at radius 2 is 2.16 bits per heavy atom. The van der Waals surface area contributed by atoms with Crippen LogP contribution in [0.15, 0.2) is 28.7 Å². The number of hydrogen-bond donors (Lipinski definition) is 2. The van der Waals surface area contributed by atoms with Crippen molar-refractivity contribution in [3.8, 4) is 5.75 Å². The molecular weight excluding hydrogens is 242 g/mol. The summed E-state index contributed by atoms with van der Waals surface area (Å²) in [5, 5.41) is 13.4. The molecule has 19 heavy (non-hydrogen) atoms. The van der Waals surface area contributed by atoms with Gasteiger partial charge in [0.05, 0.1) is 13.7 Å². The first kappa shape index (κ1) is 13.9. The van der Waals surface area contributed by atoms with Gasteiger partial charge in [0.25, 0.3) is 0 Å². The predicted octanol–water partition coefficient (Wildman–Crippen LogP) is 2.69. The fourth-order valence-corrected chi connectivity index (χ4v) is 2.03. The van der Waals surface area contributed by atoms with Crippen molar-refractivity contribution in [2.24, 2.45) is 0 Å². The third kappa shape index (κ3) is 3.28. The smallest absolute Gasteiger partial charge is 0.176 e. The SMILES string of the molecule is COc1cccc2cc(CNC(C)(C)CCO)oc12. The normalized spacial score (nSPS) is 12.0. The van der Waals surface area contributed by atoms with Crippen LogP contribution >= 0.6 is 0 Å². The fraction of sp³-hybridized carbons (Fsp3) is 0.467. The Morgan fingerprint density at radius 3 is 2.84 bits per heavy atom. The quantitative estimate of drug-likeness (QED) is 0.841. The van der Waals surface area contributed by atoms with E-state index in [-0.39, 0.29) is 12.1 Å². The van der Waals surface area contributed by atoms with Gasteiger partial charge in [-0.05, 0) is 32.4 Å². The van der Waals surface area contributed by atoms with Gasteiger partial charge in [0.15, 0.2) is 11.3 Å². The number of ether oxygens (including phenoxy) is 1. The second-order valence-electron chi connectivity index (χ2n) is 5.30. The minimum absolute atomic E-state index is 0.113. The molecule has 0 bridgehead atoms. The van der Waals surface area contributed by atoms with E-state index in [4.69, 9.17) is 14.3 Å². The van der Waals surface area contributed by atoms with Crippen LogP contribution < -0.4 is 10.1 Å². The number of methoxy groups -OCH3 is 1. The molecule has 0 aliphatic heterocycles. The fourth-order valence-electron chi connectivity index (χ4n) is 2.03. The summed E-state index contributed by atoms with van der Waals surface area (Å²) in [5.74, 6) is 1.61. The molecule has 1 aromatic carbocycles. The number of fused-ring (bicyclic) bond motifs is 1. The van der Waals surface area contributed by atoms with Crippen LogP contribution in [-0.4, -0.2) is 24.4 Å². The van der Waals surface area contributed by atoms with Crippen molar-refractivity contribution in [2.45, 2.75) is 32.4 Å². The Morgan fingerprint density at radius 1 is 1.37 bits per heavy atom. The highest BCUT2D eigenvalue weighted by Crippen LogP contribution is 2.28. The first-order valence-corrected chi connectivity index (χ1v) is 6.47. The maximum atomic E-state index is 9.00. The molecule has 0 unspecified atom stereocenters. The first-order chi connectivity index (χ1) is 9.05. The van der Waals surface area contributed by atoms with Crippen LogP contribution in [0.5, 0.6) is 5.75 Å². The summed E-state index contributed by atoms with van der Waals surface area (Å²) < 4.78 is 11.1. The lowest BCUT2D eigenvalue weighted by molar-refractivity contribution is 0.227. The van der Waals surface area contributed by atoms with E-state index < -0.39 is 0 Å². The van der Waals surface area contributed by atoms with E-state index >= 15 is 0 Å². The molecule has 0 saturated heterocycles. The highest BCUT2D eigenvalue weighted by molar-refractivity contribution is 5.83. The number of benzene rings is 1. The van der Waals surface area contributed by atoms with Crippen LogP contribution in [0.1, 0.15) is 26.0 Å². The summed E-state index contributed by atoms with van der Waals surface area (Å²) in [6.07, 6.45) is 0.705. The minimum atomic E-state index is -0.113. The number of aliphatic hydroxyl groups excluding tert-OH is 1. The first-order valence-electron chi connectivity index (χ1n) is 6.47. The Balaban J connectivity index is 2.14. The van der Waals surface area contributed by atoms with Gasteiger partial charge in [0, 0.05) is 17.5 Å². The maximum Gasteiger partial charge on any atom is 0.176 e. The number of rotatable bonds is 6. The van der Waals surface area contributed by atoms with Gasteiger partial charge in [-0.15, -0.1) is 0 Å². The Hall–Kier alpha value is -1.52. The van der Waals surface area contributed by atoms with Gasteiger partial charge in [0.2, 0.25) is 0 Å². The lowest BCUT2D eigenvalue weighted by Gasteiger charge is -2.24. The van der Waals surface area contributed by atoms with Crippen molar-refractivity contribution in [2.75, 3.05) is 13.7 Å². The van der Waals surface area contributed by atoms with Crippen LogP contribution in [0.3, 0.4) is 0 Å². The zero-order valence-corrected chi connectivity index (χ0v) is 11.7. The van der Waals surface area contributed by atoms with Crippen molar-refractivity contribution >= 4 is 11.0 Å². The molecule has 1 heterocycles. The molecule has 0 spiro atoms. The van der Waals surface area contributed by atoms with Crippen molar-refractivity contribution in [1.29, 1.82) is 0 Å². The highest BCUT2D eigenvalue weighted by atomic mass is 16.5. The minimum Gasteiger partial charge on any atom is -0.493 e. The topological polar surface area (TPSA) is 54.6 Å². The molecule has 0 radical (unpaired) electrons. The lowest BCUT2D eigenvalue weighted by Crippen LogP contribution is -2.39. The lowest BCUT2D eigenvalue weighted by atomic mass is 10.0. The van der Waals surface area contributed by atoms with Crippen molar-refractivity contribution in [3.63, 3.8) is 0 Å². The zero-order chi connectivity index (χ0) is 13.9. The monoisotopic (exact) mass is 263 g/mol. The van der Waals surface area contributed by atoms with Gasteiger partial charge in [-0.25, -0.2) is 0 Å². The van der Waals surface area contributed by atoms with Crippen LogP contribution in [-0.2, 0) is 6.54 Å². The Labute approximate surface area is 113 Å². The van der Waals surface area contributed by atoms with E-state index in [2.05, 4.69) is 19.2 Å². The molecule has 1 aromatic heterocycles. The van der Waals surface area contributed by atoms with Gasteiger partial charge in [-0.2, -0.15) is 0 Å². The zero-order valence-electron chi connectivity index (χ0n) is 11.7. The van der Waals surface area contributed by atoms with Gasteiger partial charge in [-0.1, -0.05) is 12.1 Å². The average molecular weight is 263 g/mol. The van der Waals surface area contributed by atoms with E-state index in [0.717, 1.165) is 22.5 Å². The largest absolute Gasteiger partial charge is 0.493 e. The maximum absolute atomic E-state index is 9.00. The molecule has 104 valence electrons. The summed E-state index contributed by atoms with van der Waals surface area (Å²) in [6.45, 7) is 4.93. The number of para-hydroxylation sites is 1. The van der Waals surface area contributed by atoms with Crippen molar-refractivity contribution in [1.82, 2.24) is 5.32 Å². The van der Waals surface area contributed by atoms with Gasteiger partial charge in [-0.3, -0.25) is 0 Å². The number of hydrogen-bond acceptors (Lipinski definition) is 4. The number of aliphatic hydroxyl groups is 1. The molecule has 0 amide bonds. The van der Waals surface area contributed by atoms with E-state index in [9.17, 15) is 0 Å². The molecule has 4 nitrogen and oxygen atoms in total. The number of nitrogens with one attached hydrogen (secondary N) is 1. The van der Waals surface area contributed by atoms with Gasteiger partial charge in [0.1, 0.15) is 5.76 Å². The summed E-state index contributed by atoms with van der Waals surface area (Å²) >= 11 is 0. The van der Waals surface area contributed by atoms with E-state index in [1.54, 1.807) is 7.11 Å². The molecule has 0 saturated carbocycles. The molecule has 0 atom stereocenters. The van der Waals surface area contributed by atoms with Crippen LogP contribution in [0.2, 0.25) is 0 Å². The van der Waals surface area contributed by atoms with Crippen LogP contribution in [0, 0.1) is 0 Å². The van der Waals surface area contributed by atoms with Crippen LogP contribution in [0.25, 0.3) is 11.0 Å².